The number of rotatable bonds is 16. The van der Waals surface area contributed by atoms with Crippen LogP contribution < -0.4 is 32.3 Å². The summed E-state index contributed by atoms with van der Waals surface area (Å²) in [4.78, 5) is 55.0. The number of Topliss-reactive ketones (excluding diaryl/α,β-unsaturated/α-hetero) is 2. The largest absolute Gasteiger partial charge is 0.505 e. The zero-order chi connectivity index (χ0) is 64.5. The second-order valence-corrected chi connectivity index (χ2v) is 28.6. The van der Waals surface area contributed by atoms with Crippen LogP contribution in [0, 0.1) is 0 Å². The highest BCUT2D eigenvalue weighted by molar-refractivity contribution is 7.91. The van der Waals surface area contributed by atoms with E-state index in [0.29, 0.717) is 36.4 Å². The first-order valence-corrected chi connectivity index (χ1v) is 33.2. The third kappa shape index (κ3) is 12.1. The monoisotopic (exact) mass is 1360 g/mol. The van der Waals surface area contributed by atoms with Crippen LogP contribution in [0.4, 0.5) is 27.5 Å². The van der Waals surface area contributed by atoms with Crippen LogP contribution in [0.1, 0.15) is 0 Å². The molecule has 0 spiro atoms. The fourth-order valence-electron chi connectivity index (χ4n) is 8.44. The van der Waals surface area contributed by atoms with Gasteiger partial charge < -0.3 is 20.8 Å². The highest BCUT2D eigenvalue weighted by Crippen LogP contribution is 2.45. The van der Waals surface area contributed by atoms with Gasteiger partial charge in [-0.05, 0) is 71.8 Å². The molecule has 0 unspecified atom stereocenters. The summed E-state index contributed by atoms with van der Waals surface area (Å²) in [6, 6.07) is 0.240. The van der Waals surface area contributed by atoms with Gasteiger partial charge in [-0.3, -0.25) is 77.3 Å². The molecule has 4 aromatic carbocycles. The van der Waals surface area contributed by atoms with E-state index >= 15 is 0 Å². The molecule has 0 heterocycles. The number of ketones is 4. The van der Waals surface area contributed by atoms with Crippen LogP contribution in [0.25, 0.3) is 21.5 Å². The molecular formula is C41H28N6O31S8. The van der Waals surface area contributed by atoms with E-state index < -0.39 is 239 Å². The number of fused-ring (bicyclic) bond motifs is 4. The van der Waals surface area contributed by atoms with Crippen LogP contribution in [0.5, 0.6) is 11.5 Å². The zero-order valence-corrected chi connectivity index (χ0v) is 47.3. The molecule has 0 fully saturated rings. The Labute approximate surface area is 479 Å². The Morgan fingerprint density at radius 3 is 0.953 bits per heavy atom. The minimum Gasteiger partial charge on any atom is -0.505 e. The highest BCUT2D eigenvalue weighted by atomic mass is 32.2. The normalized spacial score (nSPS) is 16.5. The lowest BCUT2D eigenvalue weighted by Crippen LogP contribution is -2.35. The molecule has 37 nitrogen and oxygen atoms in total. The molecule has 0 saturated carbocycles. The number of phenolic OH excluding ortho intramolecular Hbond substituents is 2. The minimum absolute atomic E-state index is 0.243. The van der Waals surface area contributed by atoms with Crippen molar-refractivity contribution < 1.29 is 138 Å². The van der Waals surface area contributed by atoms with Gasteiger partial charge in [-0.25, -0.2) is 4.79 Å². The van der Waals surface area contributed by atoms with Crippen molar-refractivity contribution >= 4 is 154 Å². The number of aromatic hydroxyl groups is 2. The average Bonchev–Trinajstić information content (AvgIpc) is 0.784. The fraction of sp³-hybridized carbons (Fsp3) is 0. The Hall–Kier alpha value is -8.65. The molecule has 8 rings (SSSR count). The lowest BCUT2D eigenvalue weighted by Gasteiger charge is -2.24. The van der Waals surface area contributed by atoms with Gasteiger partial charge in [0.05, 0.1) is 32.3 Å². The first kappa shape index (κ1) is 63.4. The van der Waals surface area contributed by atoms with E-state index in [1.165, 1.54) is 0 Å². The summed E-state index contributed by atoms with van der Waals surface area (Å²) in [6.07, 6.45) is 2.03. The number of carbonyl (C=O) groups excluding carboxylic acids is 5. The van der Waals surface area contributed by atoms with Gasteiger partial charge in [0.1, 0.15) is 52.3 Å². The Bertz CT molecular complexity index is 4920. The Balaban J connectivity index is 1.18. The second kappa shape index (κ2) is 20.8. The molecule has 4 aromatic rings. The molecule has 0 aliphatic heterocycles. The Kier molecular flexibility index (Phi) is 15.3. The molecular weight excluding hydrogens is 1330 g/mol. The smallest absolute Gasteiger partial charge is 0.323 e. The number of hydrogen-bond donors (Lipinski definition) is 16. The summed E-state index contributed by atoms with van der Waals surface area (Å²) < 4.78 is 279. The summed E-state index contributed by atoms with van der Waals surface area (Å²) in [5, 5.41) is 21.7. The SMILES string of the molecule is O=C(Nc1cc(S(=O)(=O)O)c2c(O)c(NNC3=C4C(=O)C=C(S(=O)(=O)O)C=C4C=C(S(=O)(=O)O)C3=O)cc(S(=O)(=O)O)c2c1)Nc1cc(S(=O)(=O)O)c2c(O)c(NNC3=C4C(=O)C=C(S(=O)(=O)O)C=C4C=C(S(=O)(=O)O)C3=O)cc(S(=O)(=O)O)c2c1. The predicted molar refractivity (Wildman–Crippen MR) is 285 cm³/mol. The molecule has 0 saturated heterocycles. The first-order chi connectivity index (χ1) is 39.1. The van der Waals surface area contributed by atoms with Crippen molar-refractivity contribution in [2.75, 3.05) is 21.5 Å². The van der Waals surface area contributed by atoms with Gasteiger partial charge in [0, 0.05) is 45.1 Å². The predicted octanol–water partition coefficient (Wildman–Crippen LogP) is -0.353. The maximum Gasteiger partial charge on any atom is 0.323 e. The number of anilines is 4. The molecule has 0 aromatic heterocycles. The van der Waals surface area contributed by atoms with E-state index in [0.717, 1.165) is 0 Å². The second-order valence-electron chi connectivity index (χ2n) is 17.4. The van der Waals surface area contributed by atoms with E-state index in [-0.39, 0.29) is 36.4 Å². The molecule has 16 N–H and O–H groups in total. The molecule has 4 aliphatic carbocycles. The number of allylic oxidation sites excluding steroid dienone is 12. The molecule has 2 amide bonds. The van der Waals surface area contributed by atoms with Gasteiger partial charge in [0.25, 0.3) is 80.9 Å². The van der Waals surface area contributed by atoms with Gasteiger partial charge in [-0.15, -0.1) is 0 Å². The minimum atomic E-state index is -5.83. The number of benzene rings is 4. The van der Waals surface area contributed by atoms with E-state index in [9.17, 15) is 138 Å². The molecule has 4 aliphatic rings. The first-order valence-electron chi connectivity index (χ1n) is 21.7. The van der Waals surface area contributed by atoms with Crippen LogP contribution >= 0.6 is 0 Å². The van der Waals surface area contributed by atoms with Crippen molar-refractivity contribution in [2.24, 2.45) is 0 Å². The fourth-order valence-corrected chi connectivity index (χ4v) is 13.6. The molecule has 0 radical (unpaired) electrons. The van der Waals surface area contributed by atoms with Gasteiger partial charge in [-0.2, -0.15) is 67.3 Å². The Morgan fingerprint density at radius 1 is 0.360 bits per heavy atom. The molecule has 0 bridgehead atoms. The highest BCUT2D eigenvalue weighted by Gasteiger charge is 2.40. The summed E-state index contributed by atoms with van der Waals surface area (Å²) in [5.41, 5.74) is -2.37. The van der Waals surface area contributed by atoms with Gasteiger partial charge in [-0.1, -0.05) is 0 Å². The van der Waals surface area contributed by atoms with E-state index in [1.54, 1.807) is 0 Å². The lowest BCUT2D eigenvalue weighted by molar-refractivity contribution is -0.114. The Morgan fingerprint density at radius 2 is 0.674 bits per heavy atom. The average molecular weight is 1360 g/mol. The van der Waals surface area contributed by atoms with Crippen LogP contribution in [-0.2, 0) is 100 Å². The van der Waals surface area contributed by atoms with E-state index in [4.69, 9.17) is 0 Å². The van der Waals surface area contributed by atoms with E-state index in [1.807, 2.05) is 32.3 Å². The summed E-state index contributed by atoms with van der Waals surface area (Å²) in [5.74, 6) is -9.44. The molecule has 456 valence electrons. The van der Waals surface area contributed by atoms with Crippen molar-refractivity contribution in [3.63, 3.8) is 0 Å². The summed E-state index contributed by atoms with van der Waals surface area (Å²) in [6.45, 7) is 0. The van der Waals surface area contributed by atoms with Crippen LogP contribution in [0.2, 0.25) is 0 Å². The summed E-state index contributed by atoms with van der Waals surface area (Å²) in [7, 11) is -44.7. The number of phenols is 2. The number of hydrogen-bond acceptors (Lipinski definition) is 27. The van der Waals surface area contributed by atoms with Gasteiger partial charge in [0.15, 0.2) is 11.6 Å². The third-order valence-corrected chi connectivity index (χ3v) is 18.8. The number of amides is 2. The maximum atomic E-state index is 13.6. The summed E-state index contributed by atoms with van der Waals surface area (Å²) >= 11 is 0. The van der Waals surface area contributed by atoms with Crippen molar-refractivity contribution in [2.45, 2.75) is 19.6 Å². The molecule has 45 heteroatoms. The van der Waals surface area contributed by atoms with Crippen molar-refractivity contribution in [1.29, 1.82) is 0 Å². The topological polar surface area (TPSA) is 633 Å². The lowest BCUT2D eigenvalue weighted by atomic mass is 9.89. The number of nitrogens with one attached hydrogen (secondary N) is 6. The van der Waals surface area contributed by atoms with Gasteiger partial charge in [0.2, 0.25) is 11.6 Å². The van der Waals surface area contributed by atoms with Crippen LogP contribution in [-0.4, -0.2) is 143 Å². The standard InChI is InChI=1S/C41H28N6O31S8/c48-23-9-17(79(55,56)57)1-13-3-29(85(73,74)75)39(52)35(31(13)23)46-44-21-11-25(81(61,62)63)19-5-15(7-27(83(67,68)69)33(19)37(21)50)42-41(54)43-16-6-20-26(82(64,65)66)12-22(38(51)34(20)28(8-16)84(70,71)72)45-47-36-32-14(4-30(40(36)53)86(76,77)78)2-18(10-24(32)49)80(58,59)60/h1-12,44-47,50-51H,(H2,42,43,54)(H,55,56,57)(H,58,59,60)(H,61,62,63)(H,64,65,66)(H,67,68,69)(H,70,71,72)(H,73,74,75)(H,76,77,78). The third-order valence-electron chi connectivity index (χ3n) is 11.9. The zero-order valence-electron chi connectivity index (χ0n) is 40.7. The van der Waals surface area contributed by atoms with Crippen molar-refractivity contribution in [3.05, 3.63) is 126 Å². The number of urea groups is 1. The van der Waals surface area contributed by atoms with E-state index in [2.05, 4.69) is 0 Å². The maximum absolute atomic E-state index is 13.6. The van der Waals surface area contributed by atoms with Crippen molar-refractivity contribution in [1.82, 2.24) is 10.9 Å². The number of carbonyl (C=O) groups is 5. The quantitative estimate of drug-likeness (QED) is 0.0387. The van der Waals surface area contributed by atoms with Gasteiger partial charge >= 0.3 is 6.03 Å². The van der Waals surface area contributed by atoms with Crippen molar-refractivity contribution in [3.8, 4) is 11.5 Å². The number of hydrazine groups is 2. The van der Waals surface area contributed by atoms with Crippen LogP contribution in [0.15, 0.2) is 146 Å². The van der Waals surface area contributed by atoms with Crippen LogP contribution in [0.3, 0.4) is 0 Å². The molecule has 0 atom stereocenters. The molecule has 86 heavy (non-hydrogen) atoms.